The van der Waals surface area contributed by atoms with Gasteiger partial charge in [0.15, 0.2) is 0 Å². The van der Waals surface area contributed by atoms with E-state index < -0.39 is 6.10 Å². The lowest BCUT2D eigenvalue weighted by Crippen LogP contribution is -2.34. The normalized spacial score (nSPS) is 16.0. The van der Waals surface area contributed by atoms with E-state index in [1.54, 1.807) is 23.2 Å². The van der Waals surface area contributed by atoms with Crippen molar-refractivity contribution < 1.29 is 13.9 Å². The predicted molar refractivity (Wildman–Crippen MR) is 128 cm³/mol. The van der Waals surface area contributed by atoms with Crippen LogP contribution >= 0.6 is 0 Å². The van der Waals surface area contributed by atoms with Crippen LogP contribution in [0.3, 0.4) is 0 Å². The highest BCUT2D eigenvalue weighted by Crippen LogP contribution is 2.32. The first-order valence-corrected chi connectivity index (χ1v) is 11.4. The van der Waals surface area contributed by atoms with Crippen LogP contribution in [0.15, 0.2) is 79.1 Å². The van der Waals surface area contributed by atoms with Gasteiger partial charge in [0, 0.05) is 50.4 Å². The Morgan fingerprint density at radius 2 is 1.91 bits per heavy atom. The average molecular weight is 459 g/mol. The maximum Gasteiger partial charge on any atom is 0.223 e. The van der Waals surface area contributed by atoms with Crippen molar-refractivity contribution in [2.45, 2.75) is 25.6 Å². The van der Waals surface area contributed by atoms with E-state index >= 15 is 0 Å². The minimum Gasteiger partial charge on any atom is -0.484 e. The fourth-order valence-corrected chi connectivity index (χ4v) is 4.43. The second-order valence-electron chi connectivity index (χ2n) is 8.65. The van der Waals surface area contributed by atoms with Crippen molar-refractivity contribution in [3.05, 3.63) is 102 Å². The van der Waals surface area contributed by atoms with E-state index in [4.69, 9.17) is 4.74 Å². The number of hydrogen-bond donors (Lipinski definition) is 0. The van der Waals surface area contributed by atoms with Gasteiger partial charge in [-0.25, -0.2) is 9.37 Å². The first kappa shape index (κ1) is 22.1. The number of benzene rings is 2. The van der Waals surface area contributed by atoms with Crippen LogP contribution in [0.2, 0.25) is 0 Å². The molecular weight excluding hydrogens is 431 g/mol. The summed E-state index contributed by atoms with van der Waals surface area (Å²) in [5, 5.41) is 0. The summed E-state index contributed by atoms with van der Waals surface area (Å²) in [6, 6.07) is 20.4. The van der Waals surface area contributed by atoms with Gasteiger partial charge in [-0.1, -0.05) is 42.5 Å². The van der Waals surface area contributed by atoms with Crippen molar-refractivity contribution in [1.29, 1.82) is 0 Å². The molecule has 0 spiro atoms. The molecule has 0 radical (unpaired) electrons. The molecule has 6 nitrogen and oxygen atoms in total. The Balaban J connectivity index is 1.28. The Morgan fingerprint density at radius 3 is 2.79 bits per heavy atom. The second-order valence-corrected chi connectivity index (χ2v) is 8.65. The maximum absolute atomic E-state index is 14.6. The summed E-state index contributed by atoms with van der Waals surface area (Å²) in [5.74, 6) is 0.525. The topological polar surface area (TPSA) is 50.1 Å². The number of rotatable bonds is 6. The maximum atomic E-state index is 14.6. The molecule has 174 valence electrons. The number of nitrogens with zero attached hydrogens (tertiary/aromatic N) is 4. The van der Waals surface area contributed by atoms with Crippen LogP contribution in [-0.2, 0) is 17.9 Å². The van der Waals surface area contributed by atoms with Gasteiger partial charge in [0.1, 0.15) is 23.3 Å². The quantitative estimate of drug-likeness (QED) is 0.428. The van der Waals surface area contributed by atoms with Crippen LogP contribution in [0.4, 0.5) is 4.39 Å². The molecule has 0 saturated carbocycles. The molecule has 1 atom stereocenters. The smallest absolute Gasteiger partial charge is 0.223 e. The first-order valence-electron chi connectivity index (χ1n) is 11.4. The monoisotopic (exact) mass is 458 g/mol. The molecule has 34 heavy (non-hydrogen) atoms. The van der Waals surface area contributed by atoms with Gasteiger partial charge < -0.3 is 14.0 Å². The number of imidazole rings is 1. The number of aromatic nitrogens is 2. The van der Waals surface area contributed by atoms with Gasteiger partial charge in [-0.15, -0.1) is 0 Å². The summed E-state index contributed by atoms with van der Waals surface area (Å²) < 4.78 is 22.8. The molecular formula is C27H27FN4O2. The molecule has 4 aromatic rings. The molecule has 7 heteroatoms. The van der Waals surface area contributed by atoms with Crippen molar-refractivity contribution in [3.63, 3.8) is 0 Å². The number of carbonyl (C=O) groups excluding carboxylic acids is 1. The van der Waals surface area contributed by atoms with Gasteiger partial charge in [-0.05, 0) is 24.3 Å². The number of hydrogen-bond acceptors (Lipinski definition) is 4. The molecule has 2 aromatic heterocycles. The average Bonchev–Trinajstić information content (AvgIpc) is 3.15. The first-order chi connectivity index (χ1) is 16.6. The molecule has 0 N–H and O–H groups in total. The minimum absolute atomic E-state index is 0.0479. The third-order valence-electron chi connectivity index (χ3n) is 6.27. The van der Waals surface area contributed by atoms with Gasteiger partial charge in [0.05, 0.1) is 18.4 Å². The van der Waals surface area contributed by atoms with Crippen LogP contribution in [0, 0.1) is 5.82 Å². The number of carbonyl (C=O) groups is 1. The Hall–Kier alpha value is -3.71. The van der Waals surface area contributed by atoms with Crippen LogP contribution in [-0.4, -0.2) is 45.2 Å². The van der Waals surface area contributed by atoms with Crippen LogP contribution in [0.1, 0.15) is 29.3 Å². The Kier molecular flexibility index (Phi) is 6.27. The summed E-state index contributed by atoms with van der Waals surface area (Å²) in [7, 11) is 1.81. The van der Waals surface area contributed by atoms with E-state index in [1.807, 2.05) is 66.2 Å². The SMILES string of the molecule is CN(Cc1cnc2ccccn12)C(=O)CCN1Cc2ccccc2O[C@@H](c2ccccc2F)C1. The van der Waals surface area contributed by atoms with E-state index in [9.17, 15) is 9.18 Å². The van der Waals surface area contributed by atoms with Gasteiger partial charge in [-0.3, -0.25) is 9.69 Å². The zero-order valence-electron chi connectivity index (χ0n) is 19.1. The van der Waals surface area contributed by atoms with Crippen LogP contribution in [0.5, 0.6) is 5.75 Å². The third-order valence-corrected chi connectivity index (χ3v) is 6.27. The van der Waals surface area contributed by atoms with Crippen LogP contribution < -0.4 is 4.74 Å². The summed E-state index contributed by atoms with van der Waals surface area (Å²) in [4.78, 5) is 21.3. The summed E-state index contributed by atoms with van der Waals surface area (Å²) in [5.41, 5.74) is 3.39. The minimum atomic E-state index is -0.448. The Morgan fingerprint density at radius 1 is 1.12 bits per heavy atom. The van der Waals surface area contributed by atoms with Gasteiger partial charge in [0.25, 0.3) is 0 Å². The summed E-state index contributed by atoms with van der Waals surface area (Å²) >= 11 is 0. The standard InChI is InChI=1S/C27H27FN4O2/c1-30(18-21-16-29-26-12-6-7-14-32(21)26)27(33)13-15-31-17-20-8-2-5-11-24(20)34-25(19-31)22-9-3-4-10-23(22)28/h2-12,14,16,25H,13,15,17-19H2,1H3/t25-/m1/s1. The van der Waals surface area contributed by atoms with E-state index in [-0.39, 0.29) is 11.7 Å². The predicted octanol–water partition coefficient (Wildman–Crippen LogP) is 4.46. The number of amides is 1. The number of pyridine rings is 1. The molecule has 5 rings (SSSR count). The molecule has 0 fully saturated rings. The largest absolute Gasteiger partial charge is 0.484 e. The van der Waals surface area contributed by atoms with Crippen LogP contribution in [0.25, 0.3) is 5.65 Å². The third kappa shape index (κ3) is 4.65. The fraction of sp³-hybridized carbons (Fsp3) is 0.259. The van der Waals surface area contributed by atoms with E-state index in [2.05, 4.69) is 9.88 Å². The van der Waals surface area contributed by atoms with Gasteiger partial charge in [0.2, 0.25) is 5.91 Å². The van der Waals surface area contributed by atoms with E-state index in [0.717, 1.165) is 22.7 Å². The molecule has 0 bridgehead atoms. The number of ether oxygens (including phenoxy) is 1. The molecule has 0 unspecified atom stereocenters. The van der Waals surface area contributed by atoms with Crippen molar-refractivity contribution in [1.82, 2.24) is 19.2 Å². The number of para-hydroxylation sites is 1. The van der Waals surface area contributed by atoms with Crippen molar-refractivity contribution >= 4 is 11.6 Å². The van der Waals surface area contributed by atoms with Crippen molar-refractivity contribution in [2.75, 3.05) is 20.1 Å². The molecule has 1 amide bonds. The Labute approximate surface area is 198 Å². The number of fused-ring (bicyclic) bond motifs is 2. The fourth-order valence-electron chi connectivity index (χ4n) is 4.43. The molecule has 0 aliphatic carbocycles. The molecule has 0 saturated heterocycles. The highest BCUT2D eigenvalue weighted by Gasteiger charge is 2.26. The molecule has 2 aromatic carbocycles. The lowest BCUT2D eigenvalue weighted by atomic mass is 10.1. The Bertz CT molecular complexity index is 1300. The summed E-state index contributed by atoms with van der Waals surface area (Å²) in [6.07, 6.45) is 3.67. The second kappa shape index (κ2) is 9.65. The van der Waals surface area contributed by atoms with Gasteiger partial charge >= 0.3 is 0 Å². The van der Waals surface area contributed by atoms with E-state index in [1.165, 1.54) is 6.07 Å². The van der Waals surface area contributed by atoms with Crippen molar-refractivity contribution in [3.8, 4) is 5.75 Å². The highest BCUT2D eigenvalue weighted by molar-refractivity contribution is 5.76. The molecule has 1 aliphatic rings. The summed E-state index contributed by atoms with van der Waals surface area (Å²) in [6.45, 7) is 2.18. The van der Waals surface area contributed by atoms with Gasteiger partial charge in [-0.2, -0.15) is 0 Å². The molecule has 3 heterocycles. The lowest BCUT2D eigenvalue weighted by molar-refractivity contribution is -0.130. The highest BCUT2D eigenvalue weighted by atomic mass is 19.1. The zero-order valence-corrected chi connectivity index (χ0v) is 19.1. The number of halogens is 1. The van der Waals surface area contributed by atoms with Crippen molar-refractivity contribution in [2.24, 2.45) is 0 Å². The lowest BCUT2D eigenvalue weighted by Gasteiger charge is -2.25. The van der Waals surface area contributed by atoms with E-state index in [0.29, 0.717) is 38.2 Å². The molecule has 1 aliphatic heterocycles. The zero-order chi connectivity index (χ0) is 23.5.